The summed E-state index contributed by atoms with van der Waals surface area (Å²) >= 11 is 0. The molecule has 3 heteroatoms. The summed E-state index contributed by atoms with van der Waals surface area (Å²) < 4.78 is 5.27. The van der Waals surface area contributed by atoms with Crippen molar-refractivity contribution in [1.82, 2.24) is 6.15 Å². The van der Waals surface area contributed by atoms with Gasteiger partial charge in [0.1, 0.15) is 5.60 Å². The van der Waals surface area contributed by atoms with Crippen LogP contribution < -0.4 is 6.15 Å². The Balaban J connectivity index is 0. The third kappa shape index (κ3) is 15.4. The molecule has 0 aromatic carbocycles. The van der Waals surface area contributed by atoms with Crippen molar-refractivity contribution >= 4 is 5.97 Å². The highest BCUT2D eigenvalue weighted by atomic mass is 16.6. The van der Waals surface area contributed by atoms with Crippen LogP contribution in [0.15, 0.2) is 0 Å². The number of carbonyl (C=O) groups excluding carboxylic acids is 1. The van der Waals surface area contributed by atoms with Crippen LogP contribution in [-0.2, 0) is 9.53 Å². The van der Waals surface area contributed by atoms with E-state index in [0.717, 1.165) is 12.8 Å². The topological polar surface area (TPSA) is 61.3 Å². The number of hydrogen-bond acceptors (Lipinski definition) is 3. The van der Waals surface area contributed by atoms with Crippen molar-refractivity contribution in [3.63, 3.8) is 0 Å². The molecule has 0 aliphatic carbocycles. The lowest BCUT2D eigenvalue weighted by Gasteiger charge is -2.24. The second-order valence-electron chi connectivity index (χ2n) is 5.93. The molecule has 0 fully saturated rings. The van der Waals surface area contributed by atoms with E-state index in [9.17, 15) is 4.79 Å². The number of carbonyl (C=O) groups is 1. The van der Waals surface area contributed by atoms with E-state index in [-0.39, 0.29) is 17.7 Å². The van der Waals surface area contributed by atoms with Crippen molar-refractivity contribution in [2.24, 2.45) is 0 Å². The van der Waals surface area contributed by atoms with Crippen molar-refractivity contribution in [2.75, 3.05) is 0 Å². The zero-order valence-electron chi connectivity index (χ0n) is 13.6. The van der Waals surface area contributed by atoms with Crippen LogP contribution in [0.25, 0.3) is 0 Å². The highest BCUT2D eigenvalue weighted by Gasteiger charge is 2.19. The first-order valence-electron chi connectivity index (χ1n) is 7.67. The molecule has 116 valence electrons. The Bertz CT molecular complexity index is 215. The van der Waals surface area contributed by atoms with Crippen LogP contribution in [0.3, 0.4) is 0 Å². The Morgan fingerprint density at radius 1 is 0.895 bits per heavy atom. The van der Waals surface area contributed by atoms with E-state index in [4.69, 9.17) is 4.74 Å². The summed E-state index contributed by atoms with van der Waals surface area (Å²) in [7, 11) is 0. The predicted molar refractivity (Wildman–Crippen MR) is 82.7 cm³/mol. The van der Waals surface area contributed by atoms with Crippen molar-refractivity contribution in [3.8, 4) is 0 Å². The number of esters is 1. The van der Waals surface area contributed by atoms with Gasteiger partial charge in [-0.2, -0.15) is 0 Å². The molecule has 0 aromatic heterocycles. The minimum absolute atomic E-state index is 0. The summed E-state index contributed by atoms with van der Waals surface area (Å²) in [5.41, 5.74) is -0.285. The number of rotatable bonds is 11. The average Bonchev–Trinajstić information content (AvgIpc) is 2.25. The fourth-order valence-corrected chi connectivity index (χ4v) is 2.30. The summed E-state index contributed by atoms with van der Waals surface area (Å²) in [4.78, 5) is 10.9. The molecule has 0 saturated carbocycles. The van der Waals surface area contributed by atoms with Gasteiger partial charge in [0.2, 0.25) is 0 Å². The van der Waals surface area contributed by atoms with Crippen LogP contribution in [0.5, 0.6) is 0 Å². The Morgan fingerprint density at radius 3 is 1.74 bits per heavy atom. The van der Waals surface area contributed by atoms with Crippen LogP contribution in [0.2, 0.25) is 0 Å². The van der Waals surface area contributed by atoms with Crippen molar-refractivity contribution in [3.05, 3.63) is 0 Å². The molecule has 0 aromatic rings. The van der Waals surface area contributed by atoms with E-state index in [1.54, 1.807) is 0 Å². The molecule has 0 amide bonds. The molecular weight excluding hydrogens is 238 g/mol. The zero-order valence-corrected chi connectivity index (χ0v) is 13.6. The van der Waals surface area contributed by atoms with Gasteiger partial charge in [-0.25, -0.2) is 0 Å². The monoisotopic (exact) mass is 273 g/mol. The SMILES string of the molecule is CCCCCCCCCCCC(C)(C)OC(C)=O.N. The number of unbranched alkanes of at least 4 members (excludes halogenated alkanes) is 8. The molecule has 3 N–H and O–H groups in total. The highest BCUT2D eigenvalue weighted by Crippen LogP contribution is 2.19. The fraction of sp³-hybridized carbons (Fsp3) is 0.938. The van der Waals surface area contributed by atoms with Crippen LogP contribution >= 0.6 is 0 Å². The Hall–Kier alpha value is -0.570. The summed E-state index contributed by atoms with van der Waals surface area (Å²) in [5, 5.41) is 0. The van der Waals surface area contributed by atoms with Gasteiger partial charge >= 0.3 is 5.97 Å². The van der Waals surface area contributed by atoms with Crippen LogP contribution in [0.4, 0.5) is 0 Å². The van der Waals surface area contributed by atoms with Crippen LogP contribution in [0, 0.1) is 0 Å². The minimum Gasteiger partial charge on any atom is -0.460 e. The van der Waals surface area contributed by atoms with Gasteiger partial charge in [0, 0.05) is 6.92 Å². The van der Waals surface area contributed by atoms with Gasteiger partial charge in [0.15, 0.2) is 0 Å². The van der Waals surface area contributed by atoms with Crippen molar-refractivity contribution in [1.29, 1.82) is 0 Å². The smallest absolute Gasteiger partial charge is 0.303 e. The Kier molecular flexibility index (Phi) is 13.6. The van der Waals surface area contributed by atoms with E-state index in [0.29, 0.717) is 0 Å². The molecule has 0 unspecified atom stereocenters. The largest absolute Gasteiger partial charge is 0.460 e. The quantitative estimate of drug-likeness (QED) is 0.404. The van der Waals surface area contributed by atoms with E-state index >= 15 is 0 Å². The molecule has 0 spiro atoms. The summed E-state index contributed by atoms with van der Waals surface area (Å²) in [5.74, 6) is -0.170. The second-order valence-corrected chi connectivity index (χ2v) is 5.93. The van der Waals surface area contributed by atoms with Crippen LogP contribution in [0.1, 0.15) is 91.9 Å². The average molecular weight is 273 g/mol. The van der Waals surface area contributed by atoms with Crippen molar-refractivity contribution < 1.29 is 9.53 Å². The molecule has 0 bridgehead atoms. The standard InChI is InChI=1S/C16H32O2.H3N/c1-5-6-7-8-9-10-11-12-13-14-16(3,4)18-15(2)17;/h5-14H2,1-4H3;1H3. The highest BCUT2D eigenvalue weighted by molar-refractivity contribution is 5.66. The van der Waals surface area contributed by atoms with Gasteiger partial charge in [0.05, 0.1) is 0 Å². The van der Waals surface area contributed by atoms with Gasteiger partial charge in [-0.3, -0.25) is 4.79 Å². The zero-order chi connectivity index (χ0) is 13.9. The lowest BCUT2D eigenvalue weighted by atomic mass is 9.99. The van der Waals surface area contributed by atoms with E-state index in [1.807, 2.05) is 13.8 Å². The third-order valence-corrected chi connectivity index (χ3v) is 3.30. The summed E-state index contributed by atoms with van der Waals surface area (Å²) in [6.45, 7) is 7.74. The maximum Gasteiger partial charge on any atom is 0.303 e. The predicted octanol–water partition coefficient (Wildman–Crippen LogP) is 5.41. The van der Waals surface area contributed by atoms with Gasteiger partial charge < -0.3 is 10.9 Å². The van der Waals surface area contributed by atoms with E-state index in [1.165, 1.54) is 58.3 Å². The van der Waals surface area contributed by atoms with Gasteiger partial charge in [-0.15, -0.1) is 0 Å². The first-order chi connectivity index (χ1) is 8.48. The lowest BCUT2D eigenvalue weighted by Crippen LogP contribution is -2.26. The van der Waals surface area contributed by atoms with Gasteiger partial charge in [0.25, 0.3) is 0 Å². The minimum atomic E-state index is -0.285. The van der Waals surface area contributed by atoms with E-state index < -0.39 is 0 Å². The first-order valence-corrected chi connectivity index (χ1v) is 7.67. The fourth-order valence-electron chi connectivity index (χ4n) is 2.30. The van der Waals surface area contributed by atoms with Gasteiger partial charge in [-0.05, 0) is 26.7 Å². The van der Waals surface area contributed by atoms with E-state index in [2.05, 4.69) is 6.92 Å². The first kappa shape index (κ1) is 20.7. The molecule has 0 atom stereocenters. The molecule has 0 rings (SSSR count). The lowest BCUT2D eigenvalue weighted by molar-refractivity contribution is -0.154. The molecular formula is C16H35NO2. The second kappa shape index (κ2) is 12.5. The maximum atomic E-state index is 10.9. The molecule has 0 saturated heterocycles. The summed E-state index contributed by atoms with van der Waals surface area (Å²) in [6, 6.07) is 0. The van der Waals surface area contributed by atoms with Gasteiger partial charge in [-0.1, -0.05) is 58.3 Å². The Morgan fingerprint density at radius 2 is 1.32 bits per heavy atom. The number of ether oxygens (including phenoxy) is 1. The maximum absolute atomic E-state index is 10.9. The Labute approximate surface area is 120 Å². The molecule has 0 radical (unpaired) electrons. The summed E-state index contributed by atoms with van der Waals surface area (Å²) in [6.07, 6.45) is 13.0. The number of hydrogen-bond donors (Lipinski definition) is 1. The molecule has 0 aliphatic rings. The molecule has 0 heterocycles. The molecule has 0 aliphatic heterocycles. The molecule has 3 nitrogen and oxygen atoms in total. The van der Waals surface area contributed by atoms with Crippen LogP contribution in [-0.4, -0.2) is 11.6 Å². The normalized spacial score (nSPS) is 10.9. The van der Waals surface area contributed by atoms with Crippen molar-refractivity contribution in [2.45, 2.75) is 97.5 Å². The third-order valence-electron chi connectivity index (χ3n) is 3.30. The molecule has 19 heavy (non-hydrogen) atoms.